The smallest absolute Gasteiger partial charge is 0.240 e. The summed E-state index contributed by atoms with van der Waals surface area (Å²) in [5, 5.41) is 7.86. The summed E-state index contributed by atoms with van der Waals surface area (Å²) in [5.74, 6) is -0.416. The second-order valence-corrected chi connectivity index (χ2v) is 6.51. The van der Waals surface area contributed by atoms with Gasteiger partial charge < -0.3 is 5.32 Å². The van der Waals surface area contributed by atoms with Crippen molar-refractivity contribution in [2.24, 2.45) is 5.10 Å². The molecule has 0 atom stereocenters. The predicted octanol–water partition coefficient (Wildman–Crippen LogP) is 4.56. The standard InChI is InChI=1S/C19H19Cl2N3O2/c1-13-16(21)7-3-8-17(13)23-18(25)9-4-10-19(26)24-22-12-14-5-2-6-15(20)11-14/h2-3,5-8,11-12H,4,9-10H2,1H3,(H,23,25)(H,24,26)/b22-12-. The largest absolute Gasteiger partial charge is 0.326 e. The lowest BCUT2D eigenvalue weighted by molar-refractivity contribution is -0.121. The highest BCUT2D eigenvalue weighted by atomic mass is 35.5. The second-order valence-electron chi connectivity index (χ2n) is 5.66. The maximum Gasteiger partial charge on any atom is 0.240 e. The number of carbonyl (C=O) groups is 2. The average molecular weight is 392 g/mol. The Bertz CT molecular complexity index is 822. The lowest BCUT2D eigenvalue weighted by Gasteiger charge is -2.09. The summed E-state index contributed by atoms with van der Waals surface area (Å²) in [5.41, 5.74) is 4.71. The number of amides is 2. The Morgan fingerprint density at radius 2 is 1.81 bits per heavy atom. The molecule has 2 N–H and O–H groups in total. The summed E-state index contributed by atoms with van der Waals surface area (Å²) in [4.78, 5) is 23.7. The van der Waals surface area contributed by atoms with Gasteiger partial charge in [0, 0.05) is 28.6 Å². The van der Waals surface area contributed by atoms with Crippen LogP contribution in [0.4, 0.5) is 5.69 Å². The van der Waals surface area contributed by atoms with E-state index in [0.717, 1.165) is 11.1 Å². The Kier molecular flexibility index (Phi) is 7.63. The first-order chi connectivity index (χ1) is 12.5. The van der Waals surface area contributed by atoms with Gasteiger partial charge in [-0.15, -0.1) is 0 Å². The van der Waals surface area contributed by atoms with Crippen LogP contribution in [0.25, 0.3) is 0 Å². The number of hydrogen-bond acceptors (Lipinski definition) is 3. The summed E-state index contributed by atoms with van der Waals surface area (Å²) in [6, 6.07) is 12.4. The van der Waals surface area contributed by atoms with Gasteiger partial charge in [-0.2, -0.15) is 5.10 Å². The lowest BCUT2D eigenvalue weighted by Crippen LogP contribution is -2.18. The highest BCUT2D eigenvalue weighted by Crippen LogP contribution is 2.23. The van der Waals surface area contributed by atoms with E-state index >= 15 is 0 Å². The Labute approximate surface area is 162 Å². The van der Waals surface area contributed by atoms with Crippen molar-refractivity contribution >= 4 is 46.9 Å². The summed E-state index contributed by atoms with van der Waals surface area (Å²) >= 11 is 11.9. The number of hydrazone groups is 1. The molecule has 2 aromatic carbocycles. The SMILES string of the molecule is Cc1c(Cl)cccc1NC(=O)CCCC(=O)N/N=C\c1cccc(Cl)c1. The zero-order valence-corrected chi connectivity index (χ0v) is 15.8. The fraction of sp³-hybridized carbons (Fsp3) is 0.211. The number of benzene rings is 2. The molecule has 0 heterocycles. The van der Waals surface area contributed by atoms with E-state index in [1.165, 1.54) is 6.21 Å². The molecule has 0 spiro atoms. The van der Waals surface area contributed by atoms with E-state index < -0.39 is 0 Å². The molecule has 0 aliphatic rings. The van der Waals surface area contributed by atoms with Gasteiger partial charge in [0.2, 0.25) is 11.8 Å². The molecule has 0 aromatic heterocycles. The monoisotopic (exact) mass is 391 g/mol. The van der Waals surface area contributed by atoms with Crippen LogP contribution in [0.3, 0.4) is 0 Å². The molecule has 0 unspecified atom stereocenters. The summed E-state index contributed by atoms with van der Waals surface area (Å²) in [7, 11) is 0. The fourth-order valence-corrected chi connectivity index (χ4v) is 2.56. The molecule has 0 saturated carbocycles. The first-order valence-electron chi connectivity index (χ1n) is 8.08. The number of nitrogens with zero attached hydrogens (tertiary/aromatic N) is 1. The van der Waals surface area contributed by atoms with Crippen LogP contribution >= 0.6 is 23.2 Å². The Hall–Kier alpha value is -2.37. The number of halogens is 2. The summed E-state index contributed by atoms with van der Waals surface area (Å²) < 4.78 is 0. The molecular formula is C19H19Cl2N3O2. The van der Waals surface area contributed by atoms with Crippen molar-refractivity contribution in [1.29, 1.82) is 0 Å². The summed E-state index contributed by atoms with van der Waals surface area (Å²) in [6.07, 6.45) is 2.37. The van der Waals surface area contributed by atoms with Gasteiger partial charge in [0.15, 0.2) is 0 Å². The van der Waals surface area contributed by atoms with E-state index in [2.05, 4.69) is 15.8 Å². The van der Waals surface area contributed by atoms with E-state index in [1.54, 1.807) is 36.4 Å². The second kappa shape index (κ2) is 9.94. The minimum Gasteiger partial charge on any atom is -0.326 e. The summed E-state index contributed by atoms with van der Waals surface area (Å²) in [6.45, 7) is 1.84. The van der Waals surface area contributed by atoms with Gasteiger partial charge >= 0.3 is 0 Å². The third-order valence-corrected chi connectivity index (χ3v) is 4.25. The van der Waals surface area contributed by atoms with Crippen LogP contribution in [0.2, 0.25) is 10.0 Å². The lowest BCUT2D eigenvalue weighted by atomic mass is 10.2. The highest BCUT2D eigenvalue weighted by Gasteiger charge is 2.08. The van der Waals surface area contributed by atoms with Gasteiger partial charge in [-0.05, 0) is 48.7 Å². The molecule has 0 radical (unpaired) electrons. The average Bonchev–Trinajstić information content (AvgIpc) is 2.59. The van der Waals surface area contributed by atoms with Crippen molar-refractivity contribution in [3.05, 3.63) is 63.6 Å². The first-order valence-corrected chi connectivity index (χ1v) is 8.84. The van der Waals surface area contributed by atoms with Crippen molar-refractivity contribution in [2.45, 2.75) is 26.2 Å². The molecule has 2 amide bonds. The molecule has 2 aromatic rings. The molecule has 5 nitrogen and oxygen atoms in total. The van der Waals surface area contributed by atoms with Crippen LogP contribution in [-0.4, -0.2) is 18.0 Å². The maximum absolute atomic E-state index is 12.0. The van der Waals surface area contributed by atoms with Gasteiger partial charge in [0.25, 0.3) is 0 Å². The zero-order valence-electron chi connectivity index (χ0n) is 14.3. The van der Waals surface area contributed by atoms with Crippen molar-refractivity contribution in [1.82, 2.24) is 5.43 Å². The van der Waals surface area contributed by atoms with Gasteiger partial charge in [-0.1, -0.05) is 41.4 Å². The topological polar surface area (TPSA) is 70.6 Å². The highest BCUT2D eigenvalue weighted by molar-refractivity contribution is 6.31. The molecule has 136 valence electrons. The van der Waals surface area contributed by atoms with Crippen molar-refractivity contribution in [2.75, 3.05) is 5.32 Å². The Balaban J connectivity index is 1.71. The Morgan fingerprint density at radius 1 is 1.08 bits per heavy atom. The molecule has 0 fully saturated rings. The molecule has 0 aliphatic heterocycles. The number of rotatable bonds is 7. The third-order valence-electron chi connectivity index (χ3n) is 3.60. The van der Waals surface area contributed by atoms with Crippen LogP contribution in [0, 0.1) is 6.92 Å². The normalized spacial score (nSPS) is 10.7. The van der Waals surface area contributed by atoms with Crippen LogP contribution in [0.5, 0.6) is 0 Å². The molecule has 0 bridgehead atoms. The molecule has 26 heavy (non-hydrogen) atoms. The minimum atomic E-state index is -0.255. The van der Waals surface area contributed by atoms with Crippen molar-refractivity contribution in [3.8, 4) is 0 Å². The van der Waals surface area contributed by atoms with Crippen molar-refractivity contribution < 1.29 is 9.59 Å². The van der Waals surface area contributed by atoms with E-state index in [1.807, 2.05) is 13.0 Å². The van der Waals surface area contributed by atoms with Crippen LogP contribution in [0.1, 0.15) is 30.4 Å². The number of nitrogens with one attached hydrogen (secondary N) is 2. The van der Waals surface area contributed by atoms with Gasteiger partial charge in [-0.3, -0.25) is 9.59 Å². The van der Waals surface area contributed by atoms with E-state index in [4.69, 9.17) is 23.2 Å². The zero-order chi connectivity index (χ0) is 18.9. The van der Waals surface area contributed by atoms with Crippen LogP contribution in [0.15, 0.2) is 47.6 Å². The van der Waals surface area contributed by atoms with Gasteiger partial charge in [0.1, 0.15) is 0 Å². The molecule has 2 rings (SSSR count). The van der Waals surface area contributed by atoms with Gasteiger partial charge in [0.05, 0.1) is 6.21 Å². The van der Waals surface area contributed by atoms with E-state index in [9.17, 15) is 9.59 Å². The third kappa shape index (κ3) is 6.50. The quantitative estimate of drug-likeness (QED) is 0.536. The van der Waals surface area contributed by atoms with Gasteiger partial charge in [-0.25, -0.2) is 5.43 Å². The predicted molar refractivity (Wildman–Crippen MR) is 106 cm³/mol. The first kappa shape index (κ1) is 19.9. The Morgan fingerprint density at radius 3 is 2.58 bits per heavy atom. The van der Waals surface area contributed by atoms with Crippen LogP contribution < -0.4 is 10.7 Å². The number of carbonyl (C=O) groups excluding carboxylic acids is 2. The number of hydrogen-bond donors (Lipinski definition) is 2. The molecule has 7 heteroatoms. The van der Waals surface area contributed by atoms with Crippen molar-refractivity contribution in [3.63, 3.8) is 0 Å². The molecule has 0 saturated heterocycles. The van der Waals surface area contributed by atoms with E-state index in [0.29, 0.717) is 22.2 Å². The van der Waals surface area contributed by atoms with Crippen LogP contribution in [-0.2, 0) is 9.59 Å². The molecule has 0 aliphatic carbocycles. The molecular weight excluding hydrogens is 373 g/mol. The fourth-order valence-electron chi connectivity index (χ4n) is 2.19. The van der Waals surface area contributed by atoms with E-state index in [-0.39, 0.29) is 24.7 Å². The number of anilines is 1. The maximum atomic E-state index is 12.0. The minimum absolute atomic E-state index is 0.161.